The van der Waals surface area contributed by atoms with Crippen LogP contribution in [0.15, 0.2) is 194 Å². The highest BCUT2D eigenvalue weighted by Crippen LogP contribution is 2.53. The molecule has 0 amide bonds. The number of nitrogens with zero attached hydrogens (tertiary/aromatic N) is 4. The highest BCUT2D eigenvalue weighted by Gasteiger charge is 2.37. The average molecular weight is 835 g/mol. The van der Waals surface area contributed by atoms with Gasteiger partial charge < -0.3 is 4.57 Å². The number of aromatic nitrogens is 4. The first-order valence-corrected chi connectivity index (χ1v) is 22.8. The van der Waals surface area contributed by atoms with Crippen LogP contribution in [0.3, 0.4) is 0 Å². The van der Waals surface area contributed by atoms with Crippen molar-refractivity contribution in [2.45, 2.75) is 19.3 Å². The molecular weight excluding hydrogens is 797 g/mol. The maximum Gasteiger partial charge on any atom is 0.165 e. The van der Waals surface area contributed by atoms with Crippen LogP contribution in [0.2, 0.25) is 0 Å². The molecule has 5 heterocycles. The molecule has 1 aliphatic heterocycles. The van der Waals surface area contributed by atoms with E-state index in [1.807, 2.05) is 0 Å². The smallest absolute Gasteiger partial charge is 0.165 e. The maximum absolute atomic E-state index is 5.66. The third kappa shape index (κ3) is 4.82. The van der Waals surface area contributed by atoms with E-state index in [2.05, 4.69) is 217 Å². The van der Waals surface area contributed by atoms with Crippen molar-refractivity contribution in [1.29, 1.82) is 0 Å². The van der Waals surface area contributed by atoms with Crippen LogP contribution in [0.4, 0.5) is 0 Å². The predicted molar refractivity (Wildman–Crippen MR) is 270 cm³/mol. The average Bonchev–Trinajstić information content (AvgIpc) is 4.01. The fourth-order valence-electron chi connectivity index (χ4n) is 11.0. The fraction of sp³-hybridized carbons (Fsp3) is 0.0508. The molecule has 64 heavy (non-hydrogen) atoms. The van der Waals surface area contributed by atoms with Crippen LogP contribution in [-0.2, 0) is 5.41 Å². The van der Waals surface area contributed by atoms with Gasteiger partial charge >= 0.3 is 0 Å². The maximum atomic E-state index is 5.66. The Morgan fingerprint density at radius 1 is 0.438 bits per heavy atom. The molecule has 4 aromatic heterocycles. The summed E-state index contributed by atoms with van der Waals surface area (Å²) in [5.41, 5.74) is 16.1. The minimum absolute atomic E-state index is 0.221. The Labute approximate surface area is 372 Å². The Kier molecular flexibility index (Phi) is 7.30. The number of hydrogen-bond donors (Lipinski definition) is 0. The van der Waals surface area contributed by atoms with Gasteiger partial charge in [-0.15, -0.1) is 11.3 Å². The number of benzene rings is 9. The summed E-state index contributed by atoms with van der Waals surface area (Å²) in [6.07, 6.45) is 0. The first-order chi connectivity index (χ1) is 31.5. The van der Waals surface area contributed by atoms with Crippen LogP contribution >= 0.6 is 11.3 Å². The van der Waals surface area contributed by atoms with E-state index in [-0.39, 0.29) is 5.41 Å². The second-order valence-electron chi connectivity index (χ2n) is 17.7. The van der Waals surface area contributed by atoms with Gasteiger partial charge in [-0.3, -0.25) is 4.57 Å². The van der Waals surface area contributed by atoms with Crippen LogP contribution in [0.1, 0.15) is 25.0 Å². The molecule has 1 aliphatic rings. The molecule has 0 atom stereocenters. The van der Waals surface area contributed by atoms with Crippen molar-refractivity contribution in [1.82, 2.24) is 19.1 Å². The topological polar surface area (TPSA) is 35.6 Å². The van der Waals surface area contributed by atoms with Gasteiger partial charge in [0, 0.05) is 48.0 Å². The summed E-state index contributed by atoms with van der Waals surface area (Å²) in [5, 5.41) is 8.58. The number of rotatable bonds is 4. The number of hydrogen-bond acceptors (Lipinski definition) is 3. The summed E-state index contributed by atoms with van der Waals surface area (Å²) in [4.78, 5) is 12.1. The van der Waals surface area contributed by atoms with Crippen molar-refractivity contribution < 1.29 is 0 Å². The summed E-state index contributed by atoms with van der Waals surface area (Å²) in [6, 6.07) is 70.9. The molecule has 300 valence electrons. The monoisotopic (exact) mass is 834 g/mol. The zero-order valence-corrected chi connectivity index (χ0v) is 36.0. The number of thiophene rings is 1. The molecule has 0 saturated carbocycles. The van der Waals surface area contributed by atoms with Crippen molar-refractivity contribution >= 4 is 86.2 Å². The van der Waals surface area contributed by atoms with Crippen LogP contribution in [0, 0.1) is 0 Å². The molecule has 0 unspecified atom stereocenters. The van der Waals surface area contributed by atoms with Crippen LogP contribution < -0.4 is 0 Å². The Bertz CT molecular complexity index is 4090. The van der Waals surface area contributed by atoms with Crippen molar-refractivity contribution in [2.75, 3.05) is 0 Å². The van der Waals surface area contributed by atoms with Crippen LogP contribution in [-0.4, -0.2) is 19.1 Å². The van der Waals surface area contributed by atoms with Gasteiger partial charge in [0.1, 0.15) is 16.0 Å². The van der Waals surface area contributed by atoms with Gasteiger partial charge in [-0.05, 0) is 63.0 Å². The minimum Gasteiger partial charge on any atom is -0.308 e. The Morgan fingerprint density at radius 3 is 1.86 bits per heavy atom. The molecule has 0 N–H and O–H groups in total. The normalized spacial score (nSPS) is 13.3. The van der Waals surface area contributed by atoms with Crippen molar-refractivity contribution in [3.63, 3.8) is 0 Å². The lowest BCUT2D eigenvalue weighted by molar-refractivity contribution is 0.632. The van der Waals surface area contributed by atoms with Crippen molar-refractivity contribution in [3.8, 4) is 45.0 Å². The number of fused-ring (bicyclic) bond motifs is 13. The summed E-state index contributed by atoms with van der Waals surface area (Å²) >= 11 is 1.71. The van der Waals surface area contributed by atoms with Gasteiger partial charge in [0.2, 0.25) is 0 Å². The lowest BCUT2D eigenvalue weighted by atomic mass is 9.73. The Balaban J connectivity index is 1.07. The van der Waals surface area contributed by atoms with E-state index in [1.54, 1.807) is 11.3 Å². The lowest BCUT2D eigenvalue weighted by Crippen LogP contribution is -2.26. The van der Waals surface area contributed by atoms with Crippen LogP contribution in [0.5, 0.6) is 0 Å². The molecule has 5 heteroatoms. The van der Waals surface area contributed by atoms with E-state index in [4.69, 9.17) is 9.97 Å². The van der Waals surface area contributed by atoms with Gasteiger partial charge in [0.05, 0.1) is 27.8 Å². The van der Waals surface area contributed by atoms with Gasteiger partial charge in [-0.1, -0.05) is 184 Å². The quantitative estimate of drug-likeness (QED) is 0.177. The molecular formula is C59H38N4S. The molecule has 0 spiro atoms. The third-order valence-electron chi connectivity index (χ3n) is 13.9. The van der Waals surface area contributed by atoms with E-state index in [0.29, 0.717) is 0 Å². The highest BCUT2D eigenvalue weighted by atomic mass is 32.1. The minimum atomic E-state index is -0.221. The summed E-state index contributed by atoms with van der Waals surface area (Å²) in [7, 11) is 0. The standard InChI is InChI=1S/C59H38N4S/c1-59(2)45-33-31-37-17-6-7-18-39(37)55(45)63-48-24-12-9-20-43(48)52-41(32-34-46(59)56(52)63)40-22-14-25-49-51(40)42-19-8-11-23-47(42)62(49)57-53(38-29-27-36(28-30-38)35-15-4-3-5-16-35)61-58-54(60-57)44-21-10-13-26-50(44)64-58/h3-34H,1-2H3. The largest absolute Gasteiger partial charge is 0.308 e. The van der Waals surface area contributed by atoms with Gasteiger partial charge in [0.25, 0.3) is 0 Å². The van der Waals surface area contributed by atoms with E-state index >= 15 is 0 Å². The second kappa shape index (κ2) is 13.1. The molecule has 9 aromatic carbocycles. The van der Waals surface area contributed by atoms with E-state index in [1.165, 1.54) is 87.1 Å². The molecule has 0 bridgehead atoms. The predicted octanol–water partition coefficient (Wildman–Crippen LogP) is 15.8. The van der Waals surface area contributed by atoms with Gasteiger partial charge in [-0.2, -0.15) is 0 Å². The zero-order chi connectivity index (χ0) is 42.3. The first kappa shape index (κ1) is 35.7. The molecule has 4 nitrogen and oxygen atoms in total. The first-order valence-electron chi connectivity index (χ1n) is 22.0. The summed E-state index contributed by atoms with van der Waals surface area (Å²) < 4.78 is 6.13. The zero-order valence-electron chi connectivity index (χ0n) is 35.2. The number of para-hydroxylation sites is 2. The van der Waals surface area contributed by atoms with Gasteiger partial charge in [-0.25, -0.2) is 9.97 Å². The Hall–Kier alpha value is -7.86. The fourth-order valence-corrected chi connectivity index (χ4v) is 12.0. The van der Waals surface area contributed by atoms with Crippen molar-refractivity contribution in [2.24, 2.45) is 0 Å². The van der Waals surface area contributed by atoms with Crippen molar-refractivity contribution in [3.05, 3.63) is 205 Å². The van der Waals surface area contributed by atoms with Gasteiger partial charge in [0.15, 0.2) is 5.82 Å². The van der Waals surface area contributed by atoms with E-state index in [0.717, 1.165) is 43.8 Å². The molecule has 14 rings (SSSR count). The van der Waals surface area contributed by atoms with E-state index < -0.39 is 0 Å². The lowest BCUT2D eigenvalue weighted by Gasteiger charge is -2.35. The second-order valence-corrected chi connectivity index (χ2v) is 18.7. The molecule has 13 aromatic rings. The molecule has 0 fully saturated rings. The highest BCUT2D eigenvalue weighted by molar-refractivity contribution is 7.25. The summed E-state index contributed by atoms with van der Waals surface area (Å²) in [6.45, 7) is 4.79. The molecule has 0 radical (unpaired) electrons. The third-order valence-corrected chi connectivity index (χ3v) is 15.0. The summed E-state index contributed by atoms with van der Waals surface area (Å²) in [5.74, 6) is 0.823. The Morgan fingerprint density at radius 2 is 1.05 bits per heavy atom. The molecule has 0 saturated heterocycles. The van der Waals surface area contributed by atoms with E-state index in [9.17, 15) is 0 Å². The van der Waals surface area contributed by atoms with Crippen LogP contribution in [0.25, 0.3) is 120 Å². The molecule has 0 aliphatic carbocycles. The SMILES string of the molecule is CC1(C)c2ccc3ccccc3c2-n2c3ccccc3c3c(-c4cccc5c4c4ccccc4n5-c4nc5c(nc4-c4ccc(-c6ccccc6)cc4)sc4ccccc45)ccc1c32.